The van der Waals surface area contributed by atoms with Crippen LogP contribution in [0, 0.1) is 0 Å². The van der Waals surface area contributed by atoms with Crippen molar-refractivity contribution >= 4 is 8.56 Å². The first kappa shape index (κ1) is 9.10. The molecule has 0 aliphatic carbocycles. The lowest BCUT2D eigenvalue weighted by molar-refractivity contribution is 0.895. The SMILES string of the molecule is CCC[Si](N)(N)NCC. The maximum Gasteiger partial charge on any atom is 0.275 e. The van der Waals surface area contributed by atoms with E-state index in [1.807, 2.05) is 6.92 Å². The lowest BCUT2D eigenvalue weighted by Crippen LogP contribution is -2.67. The summed E-state index contributed by atoms with van der Waals surface area (Å²) in [5, 5.41) is 11.5. The molecule has 0 radical (unpaired) electrons. The molecule has 0 heterocycles. The highest BCUT2D eigenvalue weighted by molar-refractivity contribution is 6.71. The van der Waals surface area contributed by atoms with E-state index in [4.69, 9.17) is 10.8 Å². The van der Waals surface area contributed by atoms with Crippen LogP contribution in [0.15, 0.2) is 0 Å². The first-order chi connectivity index (χ1) is 4.12. The van der Waals surface area contributed by atoms with E-state index in [0.29, 0.717) is 0 Å². The Balaban J connectivity index is 3.43. The Labute approximate surface area is 58.0 Å². The van der Waals surface area contributed by atoms with Gasteiger partial charge >= 0.3 is 0 Å². The maximum absolute atomic E-state index is 5.74. The van der Waals surface area contributed by atoms with Crippen molar-refractivity contribution in [2.75, 3.05) is 6.54 Å². The van der Waals surface area contributed by atoms with E-state index in [1.165, 1.54) is 0 Å². The van der Waals surface area contributed by atoms with E-state index in [-0.39, 0.29) is 0 Å². The molecule has 0 aromatic heterocycles. The lowest BCUT2D eigenvalue weighted by atomic mass is 10.6. The van der Waals surface area contributed by atoms with Gasteiger partial charge in [0.2, 0.25) is 0 Å². The third-order valence-corrected chi connectivity index (χ3v) is 3.51. The summed E-state index contributed by atoms with van der Waals surface area (Å²) in [6.45, 7) is 5.01. The van der Waals surface area contributed by atoms with Crippen LogP contribution in [-0.2, 0) is 0 Å². The third kappa shape index (κ3) is 4.59. The highest BCUT2D eigenvalue weighted by Gasteiger charge is 2.19. The Kier molecular flexibility index (Phi) is 4.04. The zero-order valence-electron chi connectivity index (χ0n) is 6.28. The van der Waals surface area contributed by atoms with Crippen molar-refractivity contribution in [2.45, 2.75) is 26.3 Å². The fourth-order valence-corrected chi connectivity index (χ4v) is 2.49. The quantitative estimate of drug-likeness (QED) is 0.485. The van der Waals surface area contributed by atoms with Gasteiger partial charge in [0, 0.05) is 0 Å². The lowest BCUT2D eigenvalue weighted by Gasteiger charge is -2.19. The zero-order valence-corrected chi connectivity index (χ0v) is 7.28. The number of nitrogens with two attached hydrogens (primary N) is 2. The zero-order chi connectivity index (χ0) is 7.33. The number of hydrogen-bond donors (Lipinski definition) is 3. The van der Waals surface area contributed by atoms with Crippen LogP contribution in [0.2, 0.25) is 6.04 Å². The van der Waals surface area contributed by atoms with E-state index >= 15 is 0 Å². The monoisotopic (exact) mass is 147 g/mol. The molecule has 0 bridgehead atoms. The van der Waals surface area contributed by atoms with Gasteiger partial charge in [-0.05, 0) is 12.6 Å². The molecule has 5 N–H and O–H groups in total. The topological polar surface area (TPSA) is 64.1 Å². The molecule has 9 heavy (non-hydrogen) atoms. The Morgan fingerprint density at radius 1 is 1.33 bits per heavy atom. The fraction of sp³-hybridized carbons (Fsp3) is 1.00. The van der Waals surface area contributed by atoms with Gasteiger partial charge in [-0.2, -0.15) is 0 Å². The molecule has 0 saturated heterocycles. The van der Waals surface area contributed by atoms with Crippen molar-refractivity contribution in [3.63, 3.8) is 0 Å². The first-order valence-electron chi connectivity index (χ1n) is 3.45. The summed E-state index contributed by atoms with van der Waals surface area (Å²) >= 11 is 0. The Morgan fingerprint density at radius 3 is 2.22 bits per heavy atom. The minimum Gasteiger partial charge on any atom is -0.327 e. The summed E-state index contributed by atoms with van der Waals surface area (Å²) in [4.78, 5) is 3.12. The van der Waals surface area contributed by atoms with Crippen LogP contribution >= 0.6 is 0 Å². The van der Waals surface area contributed by atoms with Gasteiger partial charge in [0.25, 0.3) is 8.56 Å². The van der Waals surface area contributed by atoms with E-state index in [2.05, 4.69) is 11.9 Å². The van der Waals surface area contributed by atoms with Gasteiger partial charge in [-0.3, -0.25) is 0 Å². The second-order valence-corrected chi connectivity index (χ2v) is 5.25. The minimum absolute atomic E-state index is 0.888. The summed E-state index contributed by atoms with van der Waals surface area (Å²) in [5.74, 6) is 0. The van der Waals surface area contributed by atoms with E-state index in [9.17, 15) is 0 Å². The predicted octanol–water partition coefficient (Wildman–Crippen LogP) is -0.138. The van der Waals surface area contributed by atoms with Gasteiger partial charge in [-0.1, -0.05) is 20.3 Å². The molecule has 0 aliphatic heterocycles. The molecule has 0 atom stereocenters. The van der Waals surface area contributed by atoms with Crippen molar-refractivity contribution in [3.8, 4) is 0 Å². The van der Waals surface area contributed by atoms with Gasteiger partial charge in [-0.25, -0.2) is 0 Å². The molecule has 0 aliphatic rings. The van der Waals surface area contributed by atoms with Crippen molar-refractivity contribution in [2.24, 2.45) is 10.8 Å². The summed E-state index contributed by atoms with van der Waals surface area (Å²) in [5.41, 5.74) is 0. The summed E-state index contributed by atoms with van der Waals surface area (Å²) in [6, 6.07) is 0.959. The van der Waals surface area contributed by atoms with Gasteiger partial charge in [0.1, 0.15) is 0 Å². The summed E-state index contributed by atoms with van der Waals surface area (Å²) in [7, 11) is -1.95. The molecule has 56 valence electrons. The second-order valence-electron chi connectivity index (χ2n) is 2.32. The standard InChI is InChI=1S/C5H17N3Si/c1-3-5-9(6,7)8-4-2/h8H,3-7H2,1-2H3. The van der Waals surface area contributed by atoms with Gasteiger partial charge < -0.3 is 15.8 Å². The van der Waals surface area contributed by atoms with Gasteiger partial charge in [0.15, 0.2) is 0 Å². The minimum atomic E-state index is -1.95. The molecule has 0 amide bonds. The molecular weight excluding hydrogens is 130 g/mol. The molecule has 0 aromatic carbocycles. The van der Waals surface area contributed by atoms with Gasteiger partial charge in [0.05, 0.1) is 0 Å². The van der Waals surface area contributed by atoms with Crippen LogP contribution < -0.4 is 15.8 Å². The number of hydrogen-bond acceptors (Lipinski definition) is 3. The van der Waals surface area contributed by atoms with Crippen LogP contribution in [0.3, 0.4) is 0 Å². The molecule has 0 spiro atoms. The molecule has 0 aromatic rings. The number of nitrogens with one attached hydrogen (secondary N) is 1. The first-order valence-corrected chi connectivity index (χ1v) is 5.81. The van der Waals surface area contributed by atoms with Gasteiger partial charge in [-0.15, -0.1) is 0 Å². The second kappa shape index (κ2) is 4.00. The Hall–Kier alpha value is 0.0969. The third-order valence-electron chi connectivity index (χ3n) is 1.17. The molecular formula is C5H17N3Si. The molecule has 0 saturated carbocycles. The van der Waals surface area contributed by atoms with Crippen LogP contribution in [-0.4, -0.2) is 15.1 Å². The highest BCUT2D eigenvalue weighted by atomic mass is 28.4. The van der Waals surface area contributed by atoms with Crippen molar-refractivity contribution in [3.05, 3.63) is 0 Å². The van der Waals surface area contributed by atoms with Crippen LogP contribution in [0.25, 0.3) is 0 Å². The predicted molar refractivity (Wildman–Crippen MR) is 42.9 cm³/mol. The highest BCUT2D eigenvalue weighted by Crippen LogP contribution is 1.93. The largest absolute Gasteiger partial charge is 0.327 e. The molecule has 3 nitrogen and oxygen atoms in total. The summed E-state index contributed by atoms with van der Waals surface area (Å²) < 4.78 is 0. The Morgan fingerprint density at radius 2 is 1.89 bits per heavy atom. The van der Waals surface area contributed by atoms with Crippen LogP contribution in [0.4, 0.5) is 0 Å². The number of rotatable bonds is 4. The average molecular weight is 147 g/mol. The molecule has 4 heteroatoms. The maximum atomic E-state index is 5.74. The van der Waals surface area contributed by atoms with Crippen molar-refractivity contribution in [1.82, 2.24) is 4.98 Å². The summed E-state index contributed by atoms with van der Waals surface area (Å²) in [6.07, 6.45) is 1.08. The van der Waals surface area contributed by atoms with Crippen molar-refractivity contribution < 1.29 is 0 Å². The van der Waals surface area contributed by atoms with Crippen LogP contribution in [0.5, 0.6) is 0 Å². The van der Waals surface area contributed by atoms with Crippen LogP contribution in [0.1, 0.15) is 20.3 Å². The molecule has 0 unspecified atom stereocenters. The molecule has 0 rings (SSSR count). The van der Waals surface area contributed by atoms with E-state index in [0.717, 1.165) is 19.0 Å². The fourth-order valence-electron chi connectivity index (χ4n) is 0.831. The smallest absolute Gasteiger partial charge is 0.275 e. The van der Waals surface area contributed by atoms with E-state index < -0.39 is 8.56 Å². The van der Waals surface area contributed by atoms with E-state index in [1.54, 1.807) is 0 Å². The van der Waals surface area contributed by atoms with Crippen molar-refractivity contribution in [1.29, 1.82) is 0 Å². The normalized spacial score (nSPS) is 12.0. The molecule has 0 fully saturated rings. The average Bonchev–Trinajstić information content (AvgIpc) is 1.64. The Bertz CT molecular complexity index is 66.6.